The van der Waals surface area contributed by atoms with Crippen LogP contribution in [0.3, 0.4) is 0 Å². The number of aliphatic hydroxyl groups excluding tert-OH is 1. The van der Waals surface area contributed by atoms with Gasteiger partial charge in [-0.3, -0.25) is 0 Å². The lowest BCUT2D eigenvalue weighted by Crippen LogP contribution is -2.37. The molecule has 5 nitrogen and oxygen atoms in total. The maximum atomic E-state index is 8.71. The molecule has 0 amide bonds. The summed E-state index contributed by atoms with van der Waals surface area (Å²) in [4.78, 5) is 3.70. The van der Waals surface area contributed by atoms with E-state index in [4.69, 9.17) is 10.8 Å². The first-order valence-electron chi connectivity index (χ1n) is 2.84. The predicted molar refractivity (Wildman–Crippen MR) is 32.9 cm³/mol. The van der Waals surface area contributed by atoms with Gasteiger partial charge in [-0.25, -0.2) is 0 Å². The summed E-state index contributed by atoms with van der Waals surface area (Å²) in [5, 5.41) is 12.1. The van der Waals surface area contributed by atoms with Crippen molar-refractivity contribution in [1.29, 1.82) is 0 Å². The zero-order valence-electron chi connectivity index (χ0n) is 5.61. The Bertz CT molecular complexity index is 195. The maximum Gasteiger partial charge on any atom is 0.248 e. The molecule has 0 aliphatic rings. The Kier molecular flexibility index (Phi) is 1.69. The Labute approximate surface area is 57.8 Å². The van der Waals surface area contributed by atoms with Gasteiger partial charge in [-0.05, 0) is 6.92 Å². The number of rotatable bonds is 2. The number of nitrogens with zero attached hydrogens (tertiary/aromatic N) is 2. The molecular weight excluding hydrogens is 134 g/mol. The van der Waals surface area contributed by atoms with Gasteiger partial charge in [0.1, 0.15) is 5.54 Å². The van der Waals surface area contributed by atoms with Crippen LogP contribution in [-0.2, 0) is 5.54 Å². The molecule has 0 fully saturated rings. The molecule has 5 heteroatoms. The van der Waals surface area contributed by atoms with E-state index in [-0.39, 0.29) is 12.5 Å². The second-order valence-electron chi connectivity index (χ2n) is 2.32. The van der Waals surface area contributed by atoms with Crippen LogP contribution in [0.25, 0.3) is 0 Å². The summed E-state index contributed by atoms with van der Waals surface area (Å²) in [7, 11) is 0. The van der Waals surface area contributed by atoms with Gasteiger partial charge in [0.25, 0.3) is 0 Å². The standard InChI is InChI=1S/C5H9N3O2/c1-5(6,2-9)4-7-3-8-10-4/h3,9H,2,6H2,1H3. The molecule has 0 bridgehead atoms. The first-order valence-corrected chi connectivity index (χ1v) is 2.84. The Hall–Kier alpha value is -0.940. The van der Waals surface area contributed by atoms with Crippen molar-refractivity contribution in [3.63, 3.8) is 0 Å². The summed E-state index contributed by atoms with van der Waals surface area (Å²) in [6.45, 7) is 1.40. The molecular formula is C5H9N3O2. The summed E-state index contributed by atoms with van der Waals surface area (Å²) in [5.41, 5.74) is 4.62. The summed E-state index contributed by atoms with van der Waals surface area (Å²) in [5.74, 6) is 0.245. The third kappa shape index (κ3) is 1.14. The fourth-order valence-electron chi connectivity index (χ4n) is 0.492. The third-order valence-electron chi connectivity index (χ3n) is 1.18. The number of hydrogen-bond acceptors (Lipinski definition) is 5. The van der Waals surface area contributed by atoms with Gasteiger partial charge in [-0.2, -0.15) is 4.98 Å². The largest absolute Gasteiger partial charge is 0.394 e. The van der Waals surface area contributed by atoms with E-state index in [0.29, 0.717) is 0 Å². The van der Waals surface area contributed by atoms with Gasteiger partial charge in [0, 0.05) is 0 Å². The minimum absolute atomic E-state index is 0.213. The lowest BCUT2D eigenvalue weighted by molar-refractivity contribution is 0.173. The van der Waals surface area contributed by atoms with E-state index in [1.54, 1.807) is 6.92 Å². The van der Waals surface area contributed by atoms with Crippen molar-refractivity contribution in [3.8, 4) is 0 Å². The molecule has 1 atom stereocenters. The fourth-order valence-corrected chi connectivity index (χ4v) is 0.492. The summed E-state index contributed by atoms with van der Waals surface area (Å²) in [6.07, 6.45) is 1.25. The molecule has 0 saturated heterocycles. The average Bonchev–Trinajstić information content (AvgIpc) is 2.38. The van der Waals surface area contributed by atoms with Gasteiger partial charge in [0.15, 0.2) is 6.33 Å². The van der Waals surface area contributed by atoms with Crippen molar-refractivity contribution in [1.82, 2.24) is 10.1 Å². The van der Waals surface area contributed by atoms with Crippen molar-refractivity contribution in [2.24, 2.45) is 5.73 Å². The molecule has 1 aromatic rings. The number of aromatic nitrogens is 2. The van der Waals surface area contributed by atoms with Crippen LogP contribution >= 0.6 is 0 Å². The summed E-state index contributed by atoms with van der Waals surface area (Å²) in [6, 6.07) is 0. The lowest BCUT2D eigenvalue weighted by Gasteiger charge is -2.14. The van der Waals surface area contributed by atoms with Crippen LogP contribution in [0, 0.1) is 0 Å². The van der Waals surface area contributed by atoms with Gasteiger partial charge in [-0.15, -0.1) is 0 Å². The van der Waals surface area contributed by atoms with Crippen molar-refractivity contribution in [2.45, 2.75) is 12.5 Å². The van der Waals surface area contributed by atoms with E-state index >= 15 is 0 Å². The van der Waals surface area contributed by atoms with Crippen LogP contribution < -0.4 is 5.73 Å². The van der Waals surface area contributed by atoms with Gasteiger partial charge in [0.2, 0.25) is 5.89 Å². The molecule has 10 heavy (non-hydrogen) atoms. The van der Waals surface area contributed by atoms with E-state index in [1.807, 2.05) is 0 Å². The van der Waals surface area contributed by atoms with E-state index in [1.165, 1.54) is 6.33 Å². The smallest absolute Gasteiger partial charge is 0.248 e. The molecule has 1 unspecified atom stereocenters. The van der Waals surface area contributed by atoms with Gasteiger partial charge in [-0.1, -0.05) is 5.16 Å². The minimum atomic E-state index is -0.920. The van der Waals surface area contributed by atoms with Crippen LogP contribution in [0.1, 0.15) is 12.8 Å². The molecule has 0 radical (unpaired) electrons. The van der Waals surface area contributed by atoms with Crippen LogP contribution in [0.5, 0.6) is 0 Å². The minimum Gasteiger partial charge on any atom is -0.394 e. The highest BCUT2D eigenvalue weighted by Gasteiger charge is 2.25. The molecule has 3 N–H and O–H groups in total. The van der Waals surface area contributed by atoms with Crippen molar-refractivity contribution >= 4 is 0 Å². The number of nitrogens with two attached hydrogens (primary N) is 1. The summed E-state index contributed by atoms with van der Waals surface area (Å²) < 4.78 is 4.64. The van der Waals surface area contributed by atoms with Crippen LogP contribution in [0.4, 0.5) is 0 Å². The van der Waals surface area contributed by atoms with E-state index in [2.05, 4.69) is 14.7 Å². The number of hydrogen-bond donors (Lipinski definition) is 2. The predicted octanol–water partition coefficient (Wildman–Crippen LogP) is -0.764. The van der Waals surface area contributed by atoms with E-state index in [9.17, 15) is 0 Å². The third-order valence-corrected chi connectivity index (χ3v) is 1.18. The highest BCUT2D eigenvalue weighted by atomic mass is 16.5. The highest BCUT2D eigenvalue weighted by molar-refractivity contribution is 4.95. The quantitative estimate of drug-likeness (QED) is 0.568. The molecule has 56 valence electrons. The average molecular weight is 143 g/mol. The topological polar surface area (TPSA) is 85.2 Å². The van der Waals surface area contributed by atoms with Crippen molar-refractivity contribution in [3.05, 3.63) is 12.2 Å². The number of aliphatic hydroxyl groups is 1. The zero-order chi connectivity index (χ0) is 7.61. The van der Waals surface area contributed by atoms with E-state index < -0.39 is 5.54 Å². The molecule has 1 heterocycles. The molecule has 0 spiro atoms. The maximum absolute atomic E-state index is 8.71. The fraction of sp³-hybridized carbons (Fsp3) is 0.600. The molecule has 1 aromatic heterocycles. The van der Waals surface area contributed by atoms with Gasteiger partial charge < -0.3 is 15.4 Å². The second-order valence-corrected chi connectivity index (χ2v) is 2.32. The molecule has 0 aliphatic carbocycles. The Morgan fingerprint density at radius 2 is 2.60 bits per heavy atom. The Balaban J connectivity index is 2.85. The van der Waals surface area contributed by atoms with Gasteiger partial charge in [0.05, 0.1) is 6.61 Å². The highest BCUT2D eigenvalue weighted by Crippen LogP contribution is 2.11. The Morgan fingerprint density at radius 1 is 1.90 bits per heavy atom. The monoisotopic (exact) mass is 143 g/mol. The molecule has 0 aliphatic heterocycles. The first-order chi connectivity index (χ1) is 4.67. The Morgan fingerprint density at radius 3 is 3.00 bits per heavy atom. The van der Waals surface area contributed by atoms with Crippen LogP contribution in [0.15, 0.2) is 10.9 Å². The second kappa shape index (κ2) is 2.36. The lowest BCUT2D eigenvalue weighted by atomic mass is 10.1. The first kappa shape index (κ1) is 7.17. The van der Waals surface area contributed by atoms with Crippen LogP contribution in [0.2, 0.25) is 0 Å². The molecule has 0 aromatic carbocycles. The summed E-state index contributed by atoms with van der Waals surface area (Å²) >= 11 is 0. The van der Waals surface area contributed by atoms with E-state index in [0.717, 1.165) is 0 Å². The molecule has 0 saturated carbocycles. The zero-order valence-corrected chi connectivity index (χ0v) is 5.61. The van der Waals surface area contributed by atoms with Crippen molar-refractivity contribution in [2.75, 3.05) is 6.61 Å². The normalized spacial score (nSPS) is 16.7. The molecule has 1 rings (SSSR count). The van der Waals surface area contributed by atoms with Crippen molar-refractivity contribution < 1.29 is 9.63 Å². The van der Waals surface area contributed by atoms with Crippen LogP contribution in [-0.4, -0.2) is 21.9 Å². The SMILES string of the molecule is CC(N)(CO)c1ncno1. The van der Waals surface area contributed by atoms with Gasteiger partial charge >= 0.3 is 0 Å².